The molecule has 0 unspecified atom stereocenters. The van der Waals surface area contributed by atoms with Crippen molar-refractivity contribution in [3.8, 4) is 0 Å². The molecule has 0 fully saturated rings. The molecule has 0 saturated heterocycles. The molecular weight excluding hydrogens is 202 g/mol. The molecule has 0 atom stereocenters. The first kappa shape index (κ1) is 8.29. The monoisotopic (exact) mass is 209 g/mol. The Morgan fingerprint density at radius 3 is 2.45 bits per heavy atom. The van der Waals surface area contributed by atoms with Gasteiger partial charge in [0.15, 0.2) is 0 Å². The van der Waals surface area contributed by atoms with Crippen LogP contribution < -0.4 is 0 Å². The van der Waals surface area contributed by atoms with Gasteiger partial charge in [0, 0.05) is 4.47 Å². The molecule has 1 aromatic rings. The van der Waals surface area contributed by atoms with E-state index < -0.39 is 0 Å². The van der Waals surface area contributed by atoms with Crippen LogP contribution in [0.15, 0.2) is 16.6 Å². The summed E-state index contributed by atoms with van der Waals surface area (Å²) in [6.07, 6.45) is 0. The van der Waals surface area contributed by atoms with Crippen molar-refractivity contribution in [3.63, 3.8) is 0 Å². The zero-order chi connectivity index (χ0) is 8.43. The van der Waals surface area contributed by atoms with Crippen molar-refractivity contribution < 1.29 is 0 Å². The highest BCUT2D eigenvalue weighted by molar-refractivity contribution is 9.10. The summed E-state index contributed by atoms with van der Waals surface area (Å²) in [6.45, 7) is 10.9. The molecule has 0 N–H and O–H groups in total. The molecule has 1 aromatic carbocycles. The number of halogens is 1. The number of aryl methyl sites for hydroxylation is 2. The van der Waals surface area contributed by atoms with Crippen molar-refractivity contribution in [2.45, 2.75) is 13.8 Å². The average molecular weight is 210 g/mol. The van der Waals surface area contributed by atoms with Gasteiger partial charge in [0.05, 0.1) is 6.57 Å². The summed E-state index contributed by atoms with van der Waals surface area (Å²) < 4.78 is 0.894. The fourth-order valence-corrected chi connectivity index (χ4v) is 1.81. The average Bonchev–Trinajstić information content (AvgIpc) is 1.85. The van der Waals surface area contributed by atoms with Gasteiger partial charge >= 0.3 is 0 Å². The Kier molecular flexibility index (Phi) is 2.31. The van der Waals surface area contributed by atoms with Gasteiger partial charge in [0.1, 0.15) is 0 Å². The SMILES string of the molecule is [C-]#[N+]c1c(C)cc(C)cc1Br. The first-order valence-electron chi connectivity index (χ1n) is 3.29. The molecule has 0 saturated carbocycles. The van der Waals surface area contributed by atoms with Crippen LogP contribution in [-0.4, -0.2) is 0 Å². The molecule has 0 aliphatic heterocycles. The van der Waals surface area contributed by atoms with Gasteiger partial charge in [-0.1, -0.05) is 33.6 Å². The summed E-state index contributed by atoms with van der Waals surface area (Å²) in [4.78, 5) is 3.41. The highest BCUT2D eigenvalue weighted by atomic mass is 79.9. The maximum atomic E-state index is 6.89. The number of hydrogen-bond donors (Lipinski definition) is 0. The number of hydrogen-bond acceptors (Lipinski definition) is 0. The minimum Gasteiger partial charge on any atom is -0.237 e. The quantitative estimate of drug-likeness (QED) is 0.576. The maximum absolute atomic E-state index is 6.89. The van der Waals surface area contributed by atoms with Crippen molar-refractivity contribution >= 4 is 21.6 Å². The second kappa shape index (κ2) is 3.06. The summed E-state index contributed by atoms with van der Waals surface area (Å²) in [5.74, 6) is 0. The lowest BCUT2D eigenvalue weighted by Crippen LogP contribution is -1.77. The van der Waals surface area contributed by atoms with E-state index in [1.54, 1.807) is 0 Å². The van der Waals surface area contributed by atoms with E-state index in [4.69, 9.17) is 6.57 Å². The van der Waals surface area contributed by atoms with Gasteiger partial charge in [-0.2, -0.15) is 0 Å². The van der Waals surface area contributed by atoms with E-state index in [0.717, 1.165) is 15.7 Å². The number of rotatable bonds is 0. The van der Waals surface area contributed by atoms with E-state index in [-0.39, 0.29) is 0 Å². The molecule has 0 bridgehead atoms. The molecule has 2 heteroatoms. The van der Waals surface area contributed by atoms with Crippen molar-refractivity contribution in [2.24, 2.45) is 0 Å². The van der Waals surface area contributed by atoms with Crippen LogP contribution in [0, 0.1) is 20.4 Å². The van der Waals surface area contributed by atoms with Crippen LogP contribution in [0.4, 0.5) is 5.69 Å². The van der Waals surface area contributed by atoms with Gasteiger partial charge in [-0.25, -0.2) is 4.85 Å². The smallest absolute Gasteiger partial charge is 0.204 e. The van der Waals surface area contributed by atoms with Crippen LogP contribution in [0.5, 0.6) is 0 Å². The molecule has 0 aliphatic rings. The largest absolute Gasteiger partial charge is 0.237 e. The van der Waals surface area contributed by atoms with E-state index in [9.17, 15) is 0 Å². The van der Waals surface area contributed by atoms with Crippen LogP contribution in [-0.2, 0) is 0 Å². The zero-order valence-electron chi connectivity index (χ0n) is 6.48. The Hall–Kier alpha value is -0.810. The molecule has 0 spiro atoms. The van der Waals surface area contributed by atoms with Gasteiger partial charge < -0.3 is 0 Å². The Morgan fingerprint density at radius 1 is 1.36 bits per heavy atom. The first-order chi connectivity index (χ1) is 5.15. The third kappa shape index (κ3) is 1.61. The molecule has 11 heavy (non-hydrogen) atoms. The summed E-state index contributed by atoms with van der Waals surface area (Å²) in [7, 11) is 0. The van der Waals surface area contributed by atoms with Crippen LogP contribution in [0.2, 0.25) is 0 Å². The van der Waals surface area contributed by atoms with Crippen LogP contribution in [0.1, 0.15) is 11.1 Å². The van der Waals surface area contributed by atoms with E-state index in [1.807, 2.05) is 26.0 Å². The van der Waals surface area contributed by atoms with Crippen LogP contribution in [0.25, 0.3) is 4.85 Å². The highest BCUT2D eigenvalue weighted by Gasteiger charge is 2.02. The zero-order valence-corrected chi connectivity index (χ0v) is 8.07. The normalized spacial score (nSPS) is 9.27. The lowest BCUT2D eigenvalue weighted by atomic mass is 10.1. The van der Waals surface area contributed by atoms with Gasteiger partial charge in [0.2, 0.25) is 5.69 Å². The molecule has 56 valence electrons. The topological polar surface area (TPSA) is 4.36 Å². The molecule has 0 radical (unpaired) electrons. The van der Waals surface area contributed by atoms with Gasteiger partial charge in [-0.3, -0.25) is 0 Å². The second-order valence-corrected chi connectivity index (χ2v) is 3.38. The summed E-state index contributed by atoms with van der Waals surface area (Å²) in [5.41, 5.74) is 2.93. The maximum Gasteiger partial charge on any atom is 0.204 e. The molecule has 0 aromatic heterocycles. The predicted molar refractivity (Wildman–Crippen MR) is 49.9 cm³/mol. The van der Waals surface area contributed by atoms with Gasteiger partial charge in [-0.05, 0) is 19.4 Å². The Balaban J connectivity index is 3.40. The van der Waals surface area contributed by atoms with E-state index >= 15 is 0 Å². The molecule has 0 heterocycles. The third-order valence-electron chi connectivity index (χ3n) is 1.51. The highest BCUT2D eigenvalue weighted by Crippen LogP contribution is 2.30. The standard InChI is InChI=1S/C9H8BrN/c1-6-4-7(2)9(11-3)8(10)5-6/h4-5H,1-2H3. The fourth-order valence-electron chi connectivity index (χ4n) is 1.05. The predicted octanol–water partition coefficient (Wildman–Crippen LogP) is 3.62. The number of nitrogens with zero attached hydrogens (tertiary/aromatic N) is 1. The summed E-state index contributed by atoms with van der Waals surface area (Å²) >= 11 is 3.34. The third-order valence-corrected chi connectivity index (χ3v) is 2.11. The molecule has 0 aliphatic carbocycles. The Bertz CT molecular complexity index is 300. The molecule has 0 amide bonds. The lowest BCUT2D eigenvalue weighted by molar-refractivity contribution is 1.38. The Labute approximate surface area is 75.0 Å². The minimum absolute atomic E-state index is 0.718. The van der Waals surface area contributed by atoms with Crippen molar-refractivity contribution in [1.82, 2.24) is 0 Å². The minimum atomic E-state index is 0.718. The van der Waals surface area contributed by atoms with Gasteiger partial charge in [-0.15, -0.1) is 0 Å². The van der Waals surface area contributed by atoms with Crippen molar-refractivity contribution in [1.29, 1.82) is 0 Å². The number of benzene rings is 1. The fraction of sp³-hybridized carbons (Fsp3) is 0.222. The first-order valence-corrected chi connectivity index (χ1v) is 4.08. The van der Waals surface area contributed by atoms with Crippen LogP contribution in [0.3, 0.4) is 0 Å². The lowest BCUT2D eigenvalue weighted by Gasteiger charge is -2.01. The van der Waals surface area contributed by atoms with E-state index in [0.29, 0.717) is 0 Å². The van der Waals surface area contributed by atoms with E-state index in [1.165, 1.54) is 5.56 Å². The van der Waals surface area contributed by atoms with Crippen LogP contribution >= 0.6 is 15.9 Å². The Morgan fingerprint density at radius 2 is 2.00 bits per heavy atom. The molecule has 1 nitrogen and oxygen atoms in total. The summed E-state index contributed by atoms with van der Waals surface area (Å²) in [6, 6.07) is 3.97. The van der Waals surface area contributed by atoms with E-state index in [2.05, 4.69) is 20.8 Å². The molecule has 1 rings (SSSR count). The van der Waals surface area contributed by atoms with Crippen molar-refractivity contribution in [2.75, 3.05) is 0 Å². The van der Waals surface area contributed by atoms with Crippen molar-refractivity contribution in [3.05, 3.63) is 39.1 Å². The summed E-state index contributed by atoms with van der Waals surface area (Å²) in [5, 5.41) is 0. The second-order valence-electron chi connectivity index (χ2n) is 2.52. The van der Waals surface area contributed by atoms with Gasteiger partial charge in [0.25, 0.3) is 0 Å². The molecular formula is C9H8BrN.